The van der Waals surface area contributed by atoms with Crippen LogP contribution in [-0.2, 0) is 13.0 Å². The summed E-state index contributed by atoms with van der Waals surface area (Å²) in [6.07, 6.45) is 1.10. The van der Waals surface area contributed by atoms with E-state index in [1.165, 1.54) is 5.56 Å². The van der Waals surface area contributed by atoms with Gasteiger partial charge >= 0.3 is 0 Å². The van der Waals surface area contributed by atoms with Gasteiger partial charge in [0, 0.05) is 5.56 Å². The largest absolute Gasteiger partial charge is 0.460 e. The van der Waals surface area contributed by atoms with Gasteiger partial charge in [0.05, 0.1) is 6.54 Å². The van der Waals surface area contributed by atoms with E-state index in [2.05, 4.69) is 38.1 Å². The molecule has 0 bridgehead atoms. The number of hydrogen-bond acceptors (Lipinski definition) is 2. The Morgan fingerprint density at radius 3 is 2.65 bits per heavy atom. The predicted molar refractivity (Wildman–Crippen MR) is 70.6 cm³/mol. The van der Waals surface area contributed by atoms with Crippen LogP contribution in [0.25, 0.3) is 11.3 Å². The van der Waals surface area contributed by atoms with Crippen LogP contribution in [0.4, 0.5) is 0 Å². The summed E-state index contributed by atoms with van der Waals surface area (Å²) in [6.45, 7) is 4.91. The van der Waals surface area contributed by atoms with Crippen LogP contribution < -0.4 is 5.73 Å². The molecule has 1 aromatic heterocycles. The van der Waals surface area contributed by atoms with E-state index >= 15 is 0 Å². The van der Waals surface area contributed by atoms with Crippen LogP contribution in [0.3, 0.4) is 0 Å². The van der Waals surface area contributed by atoms with Crippen molar-refractivity contribution >= 4 is 0 Å². The fourth-order valence-electron chi connectivity index (χ4n) is 1.97. The highest BCUT2D eigenvalue weighted by atomic mass is 16.3. The van der Waals surface area contributed by atoms with Crippen molar-refractivity contribution in [3.63, 3.8) is 0 Å². The molecule has 0 unspecified atom stereocenters. The van der Waals surface area contributed by atoms with Gasteiger partial charge in [-0.1, -0.05) is 32.0 Å². The van der Waals surface area contributed by atoms with Crippen molar-refractivity contribution in [2.75, 3.05) is 0 Å². The molecule has 1 heterocycles. The Labute approximate surface area is 102 Å². The molecule has 0 aliphatic rings. The van der Waals surface area contributed by atoms with Gasteiger partial charge in [-0.15, -0.1) is 0 Å². The summed E-state index contributed by atoms with van der Waals surface area (Å²) >= 11 is 0. The van der Waals surface area contributed by atoms with Crippen LogP contribution in [0.5, 0.6) is 0 Å². The zero-order chi connectivity index (χ0) is 12.3. The number of nitrogens with two attached hydrogens (primary N) is 1. The number of rotatable bonds is 4. The van der Waals surface area contributed by atoms with Gasteiger partial charge in [-0.2, -0.15) is 0 Å². The maximum Gasteiger partial charge on any atom is 0.134 e. The predicted octanol–water partition coefficient (Wildman–Crippen LogP) is 3.60. The molecule has 2 N–H and O–H groups in total. The van der Waals surface area contributed by atoms with Crippen molar-refractivity contribution < 1.29 is 4.42 Å². The van der Waals surface area contributed by atoms with Gasteiger partial charge in [0.25, 0.3) is 0 Å². The van der Waals surface area contributed by atoms with Gasteiger partial charge in [-0.3, -0.25) is 0 Å². The average Bonchev–Trinajstić information content (AvgIpc) is 2.77. The Balaban J connectivity index is 2.26. The smallest absolute Gasteiger partial charge is 0.134 e. The van der Waals surface area contributed by atoms with E-state index in [1.807, 2.05) is 12.1 Å². The number of benzene rings is 1. The fraction of sp³-hybridized carbons (Fsp3) is 0.333. The molecular formula is C15H19NO. The van der Waals surface area contributed by atoms with Gasteiger partial charge in [0.2, 0.25) is 0 Å². The van der Waals surface area contributed by atoms with Crippen LogP contribution in [0, 0.1) is 5.92 Å². The first-order valence-electron chi connectivity index (χ1n) is 6.07. The first kappa shape index (κ1) is 11.9. The molecule has 0 aliphatic heterocycles. The molecule has 0 radical (unpaired) electrons. The molecule has 0 saturated carbocycles. The maximum absolute atomic E-state index is 5.65. The monoisotopic (exact) mass is 229 g/mol. The standard InChI is InChI=1S/C15H19NO/c1-11(2)8-12-4-3-5-13(9-12)15-7-6-14(10-16)17-15/h3-7,9,11H,8,10,16H2,1-2H3. The third kappa shape index (κ3) is 2.98. The van der Waals surface area contributed by atoms with Gasteiger partial charge in [0.15, 0.2) is 0 Å². The van der Waals surface area contributed by atoms with Gasteiger partial charge in [-0.25, -0.2) is 0 Å². The van der Waals surface area contributed by atoms with E-state index in [0.717, 1.165) is 23.5 Å². The molecule has 0 amide bonds. The maximum atomic E-state index is 5.65. The Kier molecular flexibility index (Phi) is 3.64. The van der Waals surface area contributed by atoms with Crippen molar-refractivity contribution in [3.05, 3.63) is 47.7 Å². The molecule has 2 heteroatoms. The summed E-state index contributed by atoms with van der Waals surface area (Å²) in [5, 5.41) is 0. The molecule has 90 valence electrons. The molecule has 0 aliphatic carbocycles. The Hall–Kier alpha value is -1.54. The first-order valence-corrected chi connectivity index (χ1v) is 6.07. The van der Waals surface area contributed by atoms with Crippen molar-refractivity contribution in [2.45, 2.75) is 26.8 Å². The highest BCUT2D eigenvalue weighted by molar-refractivity contribution is 5.58. The molecule has 2 rings (SSSR count). The molecule has 1 aromatic carbocycles. The molecule has 0 fully saturated rings. The number of hydrogen-bond donors (Lipinski definition) is 1. The van der Waals surface area contributed by atoms with Crippen molar-refractivity contribution in [1.29, 1.82) is 0 Å². The topological polar surface area (TPSA) is 39.2 Å². The third-order valence-electron chi connectivity index (χ3n) is 2.72. The minimum absolute atomic E-state index is 0.450. The zero-order valence-electron chi connectivity index (χ0n) is 10.4. The van der Waals surface area contributed by atoms with E-state index in [-0.39, 0.29) is 0 Å². The summed E-state index contributed by atoms with van der Waals surface area (Å²) < 4.78 is 5.65. The SMILES string of the molecule is CC(C)Cc1cccc(-c2ccc(CN)o2)c1. The molecule has 17 heavy (non-hydrogen) atoms. The van der Waals surface area contributed by atoms with Crippen LogP contribution in [-0.4, -0.2) is 0 Å². The Morgan fingerprint density at radius 1 is 1.18 bits per heavy atom. The second-order valence-electron chi connectivity index (χ2n) is 4.77. The molecule has 0 atom stereocenters. The van der Waals surface area contributed by atoms with Crippen LogP contribution in [0.2, 0.25) is 0 Å². The van der Waals surface area contributed by atoms with E-state index in [0.29, 0.717) is 12.5 Å². The lowest BCUT2D eigenvalue weighted by atomic mass is 10.0. The van der Waals surface area contributed by atoms with Crippen molar-refractivity contribution in [2.24, 2.45) is 11.7 Å². The molecule has 0 saturated heterocycles. The van der Waals surface area contributed by atoms with Crippen LogP contribution in [0.1, 0.15) is 25.2 Å². The van der Waals surface area contributed by atoms with E-state index in [9.17, 15) is 0 Å². The van der Waals surface area contributed by atoms with Gasteiger partial charge < -0.3 is 10.2 Å². The molecular weight excluding hydrogens is 210 g/mol. The van der Waals surface area contributed by atoms with Gasteiger partial charge in [-0.05, 0) is 36.1 Å². The quantitative estimate of drug-likeness (QED) is 0.870. The highest BCUT2D eigenvalue weighted by Crippen LogP contribution is 2.23. The second-order valence-corrected chi connectivity index (χ2v) is 4.77. The van der Waals surface area contributed by atoms with Crippen molar-refractivity contribution in [1.82, 2.24) is 0 Å². The lowest BCUT2D eigenvalue weighted by molar-refractivity contribution is 0.525. The van der Waals surface area contributed by atoms with Crippen molar-refractivity contribution in [3.8, 4) is 11.3 Å². The average molecular weight is 229 g/mol. The normalized spacial score (nSPS) is 11.1. The Morgan fingerprint density at radius 2 is 2.00 bits per heavy atom. The number of furan rings is 1. The fourth-order valence-corrected chi connectivity index (χ4v) is 1.97. The highest BCUT2D eigenvalue weighted by Gasteiger charge is 2.05. The van der Waals surface area contributed by atoms with E-state index in [1.54, 1.807) is 0 Å². The third-order valence-corrected chi connectivity index (χ3v) is 2.72. The van der Waals surface area contributed by atoms with Gasteiger partial charge in [0.1, 0.15) is 11.5 Å². The summed E-state index contributed by atoms with van der Waals surface area (Å²) in [5.41, 5.74) is 8.02. The second kappa shape index (κ2) is 5.19. The molecule has 2 nitrogen and oxygen atoms in total. The minimum atomic E-state index is 0.450. The summed E-state index contributed by atoms with van der Waals surface area (Å²) in [6, 6.07) is 12.4. The van der Waals surface area contributed by atoms with E-state index < -0.39 is 0 Å². The van der Waals surface area contributed by atoms with Crippen LogP contribution in [0.15, 0.2) is 40.8 Å². The zero-order valence-corrected chi connectivity index (χ0v) is 10.4. The van der Waals surface area contributed by atoms with Crippen LogP contribution >= 0.6 is 0 Å². The first-order chi connectivity index (χ1) is 8.19. The van der Waals surface area contributed by atoms with E-state index in [4.69, 9.17) is 10.2 Å². The summed E-state index contributed by atoms with van der Waals surface area (Å²) in [4.78, 5) is 0. The summed E-state index contributed by atoms with van der Waals surface area (Å²) in [5.74, 6) is 2.40. The molecule has 2 aromatic rings. The lowest BCUT2D eigenvalue weighted by Gasteiger charge is -2.06. The lowest BCUT2D eigenvalue weighted by Crippen LogP contribution is -1.94. The molecule has 0 spiro atoms. The minimum Gasteiger partial charge on any atom is -0.460 e. The Bertz CT molecular complexity index is 485. The summed E-state index contributed by atoms with van der Waals surface area (Å²) in [7, 11) is 0.